The van der Waals surface area contributed by atoms with Gasteiger partial charge < -0.3 is 9.67 Å². The van der Waals surface area contributed by atoms with Crippen LogP contribution in [0.3, 0.4) is 0 Å². The maximum absolute atomic E-state index is 13.3. The van der Waals surface area contributed by atoms with Crippen molar-refractivity contribution in [1.29, 1.82) is 0 Å². The number of carboxylic acid groups (broad SMARTS) is 1. The van der Waals surface area contributed by atoms with E-state index in [-0.39, 0.29) is 5.82 Å². The van der Waals surface area contributed by atoms with Crippen LogP contribution in [0.1, 0.15) is 25.6 Å². The average Bonchev–Trinajstić information content (AvgIpc) is 3.02. The standard InChI is InChI=1S/C15H18FN3O2/c1-2-19-12-6-5-10(16)8-11(12)17-14(19)9-18-7-3-4-13(18)15(20)21/h5-6,8,13H,2-4,7,9H2,1H3,(H,20,21). The maximum Gasteiger partial charge on any atom is 0.320 e. The Bertz CT molecular complexity index is 683. The molecule has 3 rings (SSSR count). The summed E-state index contributed by atoms with van der Waals surface area (Å²) in [6, 6.07) is 4.13. The van der Waals surface area contributed by atoms with Gasteiger partial charge >= 0.3 is 5.97 Å². The first-order valence-electron chi connectivity index (χ1n) is 7.21. The quantitative estimate of drug-likeness (QED) is 0.938. The van der Waals surface area contributed by atoms with Crippen LogP contribution >= 0.6 is 0 Å². The molecule has 0 amide bonds. The van der Waals surface area contributed by atoms with E-state index in [2.05, 4.69) is 4.98 Å². The molecule has 1 N–H and O–H groups in total. The Morgan fingerprint density at radius 1 is 1.52 bits per heavy atom. The molecule has 0 saturated carbocycles. The highest BCUT2D eigenvalue weighted by Gasteiger charge is 2.31. The van der Waals surface area contributed by atoms with Crippen LogP contribution < -0.4 is 0 Å². The summed E-state index contributed by atoms with van der Waals surface area (Å²) in [6.07, 6.45) is 1.56. The molecule has 0 aliphatic carbocycles. The number of hydrogen-bond donors (Lipinski definition) is 1. The molecule has 6 heteroatoms. The Morgan fingerprint density at radius 3 is 3.05 bits per heavy atom. The second-order valence-corrected chi connectivity index (χ2v) is 5.37. The van der Waals surface area contributed by atoms with E-state index in [1.807, 2.05) is 16.4 Å². The van der Waals surface area contributed by atoms with Crippen molar-refractivity contribution in [2.24, 2.45) is 0 Å². The summed E-state index contributed by atoms with van der Waals surface area (Å²) in [4.78, 5) is 17.7. The number of rotatable bonds is 4. The van der Waals surface area contributed by atoms with Crippen LogP contribution in [0.4, 0.5) is 4.39 Å². The number of aromatic nitrogens is 2. The third kappa shape index (κ3) is 2.51. The van der Waals surface area contributed by atoms with Gasteiger partial charge in [-0.25, -0.2) is 9.37 Å². The Morgan fingerprint density at radius 2 is 2.33 bits per heavy atom. The monoisotopic (exact) mass is 291 g/mol. The first-order chi connectivity index (χ1) is 10.1. The third-order valence-electron chi connectivity index (χ3n) is 4.10. The van der Waals surface area contributed by atoms with Crippen LogP contribution in [0.25, 0.3) is 11.0 Å². The Hall–Kier alpha value is -1.95. The van der Waals surface area contributed by atoms with Crippen LogP contribution in [0.15, 0.2) is 18.2 Å². The van der Waals surface area contributed by atoms with E-state index in [0.717, 1.165) is 30.9 Å². The molecule has 1 atom stereocenters. The summed E-state index contributed by atoms with van der Waals surface area (Å²) in [5.74, 6) is -0.289. The number of likely N-dealkylation sites (tertiary alicyclic amines) is 1. The smallest absolute Gasteiger partial charge is 0.320 e. The van der Waals surface area contributed by atoms with Gasteiger partial charge in [0.1, 0.15) is 17.7 Å². The number of aryl methyl sites for hydroxylation is 1. The van der Waals surface area contributed by atoms with E-state index in [0.29, 0.717) is 18.5 Å². The minimum Gasteiger partial charge on any atom is -0.480 e. The van der Waals surface area contributed by atoms with Crippen molar-refractivity contribution >= 4 is 17.0 Å². The number of aliphatic carboxylic acids is 1. The molecule has 1 aromatic heterocycles. The van der Waals surface area contributed by atoms with Crippen LogP contribution in [-0.4, -0.2) is 38.1 Å². The van der Waals surface area contributed by atoms with Gasteiger partial charge in [-0.1, -0.05) is 0 Å². The average molecular weight is 291 g/mol. The van der Waals surface area contributed by atoms with Gasteiger partial charge in [-0.2, -0.15) is 0 Å². The summed E-state index contributed by atoms with van der Waals surface area (Å²) < 4.78 is 15.3. The zero-order valence-electron chi connectivity index (χ0n) is 11.9. The molecule has 21 heavy (non-hydrogen) atoms. The second-order valence-electron chi connectivity index (χ2n) is 5.37. The summed E-state index contributed by atoms with van der Waals surface area (Å²) in [5.41, 5.74) is 1.51. The van der Waals surface area contributed by atoms with Crippen LogP contribution in [0.2, 0.25) is 0 Å². The van der Waals surface area contributed by atoms with Gasteiger partial charge in [0, 0.05) is 12.6 Å². The molecule has 1 saturated heterocycles. The summed E-state index contributed by atoms with van der Waals surface area (Å²) >= 11 is 0. The fourth-order valence-electron chi connectivity index (χ4n) is 3.10. The lowest BCUT2D eigenvalue weighted by atomic mass is 10.2. The Labute approximate surface area is 122 Å². The van der Waals surface area contributed by atoms with Gasteiger partial charge in [0.25, 0.3) is 0 Å². The minimum atomic E-state index is -0.780. The van der Waals surface area contributed by atoms with Gasteiger partial charge in [0.2, 0.25) is 0 Å². The first kappa shape index (κ1) is 14.0. The van der Waals surface area contributed by atoms with Crippen LogP contribution in [-0.2, 0) is 17.9 Å². The van der Waals surface area contributed by atoms with E-state index in [1.54, 1.807) is 6.07 Å². The predicted molar refractivity (Wildman–Crippen MR) is 76.4 cm³/mol. The molecular weight excluding hydrogens is 273 g/mol. The summed E-state index contributed by atoms with van der Waals surface area (Å²) in [5, 5.41) is 9.25. The Kier molecular flexibility index (Phi) is 3.63. The number of imidazole rings is 1. The van der Waals surface area contributed by atoms with Crippen LogP contribution in [0, 0.1) is 5.82 Å². The van der Waals surface area contributed by atoms with Gasteiger partial charge in [-0.15, -0.1) is 0 Å². The number of fused-ring (bicyclic) bond motifs is 1. The van der Waals surface area contributed by atoms with Crippen molar-refractivity contribution in [1.82, 2.24) is 14.5 Å². The molecule has 1 aromatic carbocycles. The topological polar surface area (TPSA) is 58.4 Å². The van der Waals surface area contributed by atoms with E-state index in [4.69, 9.17) is 0 Å². The van der Waals surface area contributed by atoms with Gasteiger partial charge in [0.15, 0.2) is 0 Å². The largest absolute Gasteiger partial charge is 0.480 e. The van der Waals surface area contributed by atoms with E-state index in [1.165, 1.54) is 12.1 Å². The molecule has 1 unspecified atom stereocenters. The molecule has 0 radical (unpaired) electrons. The number of benzene rings is 1. The zero-order chi connectivity index (χ0) is 15.0. The molecule has 0 spiro atoms. The highest BCUT2D eigenvalue weighted by molar-refractivity contribution is 5.76. The first-order valence-corrected chi connectivity index (χ1v) is 7.21. The molecule has 5 nitrogen and oxygen atoms in total. The van der Waals surface area contributed by atoms with Crippen molar-refractivity contribution in [3.05, 3.63) is 29.8 Å². The van der Waals surface area contributed by atoms with Gasteiger partial charge in [0.05, 0.1) is 17.6 Å². The van der Waals surface area contributed by atoms with Crippen molar-refractivity contribution < 1.29 is 14.3 Å². The fraction of sp³-hybridized carbons (Fsp3) is 0.467. The van der Waals surface area contributed by atoms with E-state index in [9.17, 15) is 14.3 Å². The van der Waals surface area contributed by atoms with Crippen molar-refractivity contribution in [3.8, 4) is 0 Å². The lowest BCUT2D eigenvalue weighted by molar-refractivity contribution is -0.142. The van der Waals surface area contributed by atoms with Crippen molar-refractivity contribution in [3.63, 3.8) is 0 Å². The molecule has 1 aliphatic rings. The fourth-order valence-corrected chi connectivity index (χ4v) is 3.10. The minimum absolute atomic E-state index is 0.306. The normalized spacial score (nSPS) is 19.4. The van der Waals surface area contributed by atoms with Crippen LogP contribution in [0.5, 0.6) is 0 Å². The third-order valence-corrected chi connectivity index (χ3v) is 4.10. The number of hydrogen-bond acceptors (Lipinski definition) is 3. The highest BCUT2D eigenvalue weighted by Crippen LogP contribution is 2.23. The zero-order valence-corrected chi connectivity index (χ0v) is 11.9. The van der Waals surface area contributed by atoms with Crippen molar-refractivity contribution in [2.45, 2.75) is 38.9 Å². The lowest BCUT2D eigenvalue weighted by Crippen LogP contribution is -2.36. The number of nitrogens with zero attached hydrogens (tertiary/aromatic N) is 3. The molecule has 1 fully saturated rings. The molecule has 0 bridgehead atoms. The molecule has 2 aromatic rings. The summed E-state index contributed by atoms with van der Waals surface area (Å²) in [6.45, 7) is 3.98. The number of carboxylic acids is 1. The second kappa shape index (κ2) is 5.44. The van der Waals surface area contributed by atoms with E-state index >= 15 is 0 Å². The van der Waals surface area contributed by atoms with Crippen molar-refractivity contribution in [2.75, 3.05) is 6.54 Å². The van der Waals surface area contributed by atoms with Gasteiger partial charge in [-0.05, 0) is 38.4 Å². The molecule has 2 heterocycles. The summed E-state index contributed by atoms with van der Waals surface area (Å²) in [7, 11) is 0. The Balaban J connectivity index is 1.94. The highest BCUT2D eigenvalue weighted by atomic mass is 19.1. The number of carbonyl (C=O) groups is 1. The molecule has 112 valence electrons. The van der Waals surface area contributed by atoms with Gasteiger partial charge in [-0.3, -0.25) is 9.69 Å². The van der Waals surface area contributed by atoms with E-state index < -0.39 is 12.0 Å². The molecular formula is C15H18FN3O2. The number of halogens is 1. The predicted octanol–water partition coefficient (Wildman–Crippen LogP) is 2.24. The maximum atomic E-state index is 13.3. The SMILES string of the molecule is CCn1c(CN2CCCC2C(=O)O)nc2cc(F)ccc21. The molecule has 1 aliphatic heterocycles. The lowest BCUT2D eigenvalue weighted by Gasteiger charge is -2.20.